The number of hydrogen-bond acceptors (Lipinski definition) is 8. The predicted molar refractivity (Wildman–Crippen MR) is 106 cm³/mol. The van der Waals surface area contributed by atoms with E-state index in [0.29, 0.717) is 17.1 Å². The largest absolute Gasteiger partial charge is 0.461 e. The summed E-state index contributed by atoms with van der Waals surface area (Å²) in [4.78, 5) is 29.9. The van der Waals surface area contributed by atoms with Crippen molar-refractivity contribution < 1.29 is 18.8 Å². The topological polar surface area (TPSA) is 100 Å². The highest BCUT2D eigenvalue weighted by Gasteiger charge is 2.38. The maximum atomic E-state index is 13.5. The van der Waals surface area contributed by atoms with E-state index in [1.807, 2.05) is 12.3 Å². The van der Waals surface area contributed by atoms with Crippen molar-refractivity contribution >= 4 is 23.5 Å². The van der Waals surface area contributed by atoms with Gasteiger partial charge in [-0.05, 0) is 49.8 Å². The Morgan fingerprint density at radius 1 is 1.34 bits per heavy atom. The van der Waals surface area contributed by atoms with E-state index in [0.717, 1.165) is 24.1 Å². The minimum Gasteiger partial charge on any atom is -0.461 e. The molecule has 0 spiro atoms. The quantitative estimate of drug-likeness (QED) is 0.410. The Morgan fingerprint density at radius 3 is 2.83 bits per heavy atom. The van der Waals surface area contributed by atoms with Crippen LogP contribution in [0.15, 0.2) is 35.4 Å². The number of aromatic nitrogens is 4. The fourth-order valence-electron chi connectivity index (χ4n) is 3.18. The van der Waals surface area contributed by atoms with Crippen LogP contribution < -0.4 is 0 Å². The lowest BCUT2D eigenvalue weighted by Crippen LogP contribution is -2.14. The molecule has 0 saturated heterocycles. The second kappa shape index (κ2) is 8.20. The Balaban J connectivity index is 1.78. The van der Waals surface area contributed by atoms with E-state index < -0.39 is 5.97 Å². The van der Waals surface area contributed by atoms with Crippen molar-refractivity contribution in [1.82, 2.24) is 19.9 Å². The highest BCUT2D eigenvalue weighted by molar-refractivity contribution is 7.97. The number of rotatable bonds is 8. The Morgan fingerprint density at radius 2 is 2.17 bits per heavy atom. The van der Waals surface area contributed by atoms with Crippen molar-refractivity contribution in [3.63, 3.8) is 0 Å². The Kier molecular flexibility index (Phi) is 5.48. The Bertz CT molecular complexity index is 1040. The summed E-state index contributed by atoms with van der Waals surface area (Å²) in [6, 6.07) is 5.47. The molecule has 0 bridgehead atoms. The van der Waals surface area contributed by atoms with Gasteiger partial charge in [-0.1, -0.05) is 5.16 Å². The van der Waals surface area contributed by atoms with Gasteiger partial charge in [0.25, 0.3) is 0 Å². The van der Waals surface area contributed by atoms with Crippen LogP contribution in [0.3, 0.4) is 0 Å². The number of ketones is 1. The molecule has 9 heteroatoms. The number of hydrogen-bond donors (Lipinski definition) is 0. The summed E-state index contributed by atoms with van der Waals surface area (Å²) >= 11 is 1.60. The molecule has 0 aliphatic heterocycles. The van der Waals surface area contributed by atoms with Crippen molar-refractivity contribution in [1.29, 1.82) is 0 Å². The lowest BCUT2D eigenvalue weighted by Gasteiger charge is -2.11. The predicted octanol–water partition coefficient (Wildman–Crippen LogP) is 3.40. The van der Waals surface area contributed by atoms with Crippen molar-refractivity contribution in [2.45, 2.75) is 31.4 Å². The van der Waals surface area contributed by atoms with Crippen LogP contribution in [0.4, 0.5) is 0 Å². The maximum Gasteiger partial charge on any atom is 0.361 e. The summed E-state index contributed by atoms with van der Waals surface area (Å²) in [6.45, 7) is 1.91. The molecule has 0 radical (unpaired) electrons. The number of esters is 1. The van der Waals surface area contributed by atoms with Crippen LogP contribution >= 0.6 is 11.8 Å². The third-order valence-electron chi connectivity index (χ3n) is 4.68. The van der Waals surface area contributed by atoms with Gasteiger partial charge in [-0.15, -0.1) is 0 Å². The first kappa shape index (κ1) is 19.4. The zero-order valence-electron chi connectivity index (χ0n) is 16.1. The van der Waals surface area contributed by atoms with Gasteiger partial charge in [0.1, 0.15) is 18.2 Å². The minimum absolute atomic E-state index is 0.0470. The van der Waals surface area contributed by atoms with Crippen LogP contribution in [0.25, 0.3) is 5.69 Å². The number of ether oxygens (including phenoxy) is 1. The molecule has 3 aromatic rings. The van der Waals surface area contributed by atoms with Gasteiger partial charge in [-0.3, -0.25) is 4.79 Å². The summed E-state index contributed by atoms with van der Waals surface area (Å²) < 4.78 is 12.1. The van der Waals surface area contributed by atoms with Crippen LogP contribution in [0.1, 0.15) is 63.4 Å². The zero-order chi connectivity index (χ0) is 20.4. The number of thioether (sulfide) groups is 1. The van der Waals surface area contributed by atoms with Gasteiger partial charge >= 0.3 is 5.97 Å². The molecule has 0 N–H and O–H groups in total. The van der Waals surface area contributed by atoms with Gasteiger partial charge < -0.3 is 9.26 Å². The number of carbonyl (C=O) groups excluding carboxylic acids is 2. The van der Waals surface area contributed by atoms with Gasteiger partial charge in [-0.25, -0.2) is 14.5 Å². The Labute approximate surface area is 171 Å². The number of benzene rings is 1. The molecular formula is C20H20N4O4S. The van der Waals surface area contributed by atoms with Gasteiger partial charge in [-0.2, -0.15) is 16.9 Å². The zero-order valence-corrected chi connectivity index (χ0v) is 16.9. The lowest BCUT2D eigenvalue weighted by molar-refractivity contribution is 0.0512. The molecule has 2 heterocycles. The standard InChI is InChI=1S/C20H20N4O4S/c1-3-27-20(26)17-16(19(28-23-17)12-4-5-12)18(25)15-7-6-14(8-13(15)9-29-2)24-11-21-10-22-24/h6-8,10-12H,3-5,9H2,1-2H3. The van der Waals surface area contributed by atoms with Gasteiger partial charge in [0.15, 0.2) is 11.5 Å². The van der Waals surface area contributed by atoms with E-state index in [4.69, 9.17) is 9.26 Å². The van der Waals surface area contributed by atoms with E-state index in [1.54, 1.807) is 41.8 Å². The first-order valence-electron chi connectivity index (χ1n) is 9.32. The average molecular weight is 412 g/mol. The maximum absolute atomic E-state index is 13.5. The molecule has 0 amide bonds. The van der Waals surface area contributed by atoms with Gasteiger partial charge in [0, 0.05) is 17.2 Å². The highest BCUT2D eigenvalue weighted by atomic mass is 32.2. The average Bonchev–Trinajstić information content (AvgIpc) is 3.24. The Hall–Kier alpha value is -2.94. The van der Waals surface area contributed by atoms with Crippen LogP contribution in [0, 0.1) is 0 Å². The first-order valence-corrected chi connectivity index (χ1v) is 10.7. The van der Waals surface area contributed by atoms with E-state index in [-0.39, 0.29) is 29.6 Å². The molecule has 1 aromatic carbocycles. The van der Waals surface area contributed by atoms with Crippen molar-refractivity contribution in [3.05, 3.63) is 59.0 Å². The molecule has 1 aliphatic carbocycles. The molecule has 1 saturated carbocycles. The smallest absolute Gasteiger partial charge is 0.361 e. The fraction of sp³-hybridized carbons (Fsp3) is 0.350. The highest BCUT2D eigenvalue weighted by Crippen LogP contribution is 2.43. The number of carbonyl (C=O) groups is 2. The first-order chi connectivity index (χ1) is 14.1. The molecule has 1 aliphatic rings. The molecule has 8 nitrogen and oxygen atoms in total. The summed E-state index contributed by atoms with van der Waals surface area (Å²) in [5, 5.41) is 8.02. The van der Waals surface area contributed by atoms with E-state index in [9.17, 15) is 9.59 Å². The lowest BCUT2D eigenvalue weighted by atomic mass is 9.96. The normalized spacial score (nSPS) is 13.4. The van der Waals surface area contributed by atoms with Crippen molar-refractivity contribution in [2.75, 3.05) is 12.9 Å². The minimum atomic E-state index is -0.642. The van der Waals surface area contributed by atoms with Crippen LogP contribution in [0.2, 0.25) is 0 Å². The second-order valence-electron chi connectivity index (χ2n) is 6.71. The third kappa shape index (κ3) is 3.82. The SMILES string of the molecule is CCOC(=O)c1noc(C2CC2)c1C(=O)c1ccc(-n2cncn2)cc1CSC. The van der Waals surface area contributed by atoms with Gasteiger partial charge in [0.2, 0.25) is 5.69 Å². The molecule has 1 fully saturated rings. The molecule has 0 unspecified atom stereocenters. The summed E-state index contributed by atoms with van der Waals surface area (Å²) in [6.07, 6.45) is 6.86. The van der Waals surface area contributed by atoms with Crippen LogP contribution in [-0.4, -0.2) is 44.5 Å². The molecule has 29 heavy (non-hydrogen) atoms. The van der Waals surface area contributed by atoms with Gasteiger partial charge in [0.05, 0.1) is 12.3 Å². The fourth-order valence-corrected chi connectivity index (χ4v) is 3.73. The summed E-state index contributed by atoms with van der Waals surface area (Å²) in [5.74, 6) is 0.321. The molecule has 150 valence electrons. The van der Waals surface area contributed by atoms with Crippen LogP contribution in [-0.2, 0) is 10.5 Å². The van der Waals surface area contributed by atoms with Crippen LogP contribution in [0.5, 0.6) is 0 Å². The summed E-state index contributed by atoms with van der Waals surface area (Å²) in [7, 11) is 0. The molecular weight excluding hydrogens is 392 g/mol. The molecule has 0 atom stereocenters. The van der Waals surface area contributed by atoms with Crippen molar-refractivity contribution in [3.8, 4) is 5.69 Å². The van der Waals surface area contributed by atoms with E-state index >= 15 is 0 Å². The molecule has 4 rings (SSSR count). The van der Waals surface area contributed by atoms with Crippen molar-refractivity contribution in [2.24, 2.45) is 0 Å². The third-order valence-corrected chi connectivity index (χ3v) is 5.28. The van der Waals surface area contributed by atoms with E-state index in [2.05, 4.69) is 15.2 Å². The monoisotopic (exact) mass is 412 g/mol. The molecule has 2 aromatic heterocycles. The van der Waals surface area contributed by atoms with E-state index in [1.165, 1.54) is 6.33 Å². The summed E-state index contributed by atoms with van der Waals surface area (Å²) in [5.41, 5.74) is 2.34. The second-order valence-corrected chi connectivity index (χ2v) is 7.57. The number of nitrogens with zero attached hydrogens (tertiary/aromatic N) is 4.